The summed E-state index contributed by atoms with van der Waals surface area (Å²) in [6, 6.07) is 0. The molecule has 1 aromatic rings. The standard InChI is InChI=1S/C3H3NO.Cu/c1-2-5-3-4-1;/h1-3H;. The third-order valence-corrected chi connectivity index (χ3v) is 0.347. The summed E-state index contributed by atoms with van der Waals surface area (Å²) >= 11 is 0. The van der Waals surface area contributed by atoms with Gasteiger partial charge in [-0.3, -0.25) is 0 Å². The normalized spacial score (nSPS) is 6.67. The van der Waals surface area contributed by atoms with Gasteiger partial charge in [-0.1, -0.05) is 0 Å². The van der Waals surface area contributed by atoms with E-state index in [1.54, 1.807) is 6.20 Å². The van der Waals surface area contributed by atoms with Gasteiger partial charge < -0.3 is 4.42 Å². The molecule has 0 amide bonds. The Bertz CT molecular complexity index is 67.3. The third-order valence-electron chi connectivity index (χ3n) is 0.347. The van der Waals surface area contributed by atoms with E-state index in [0.717, 1.165) is 0 Å². The summed E-state index contributed by atoms with van der Waals surface area (Å²) in [5.74, 6) is 0. The number of oxazole rings is 1. The van der Waals surface area contributed by atoms with E-state index >= 15 is 0 Å². The molecular weight excluding hydrogens is 130 g/mol. The molecule has 0 bridgehead atoms. The van der Waals surface area contributed by atoms with Gasteiger partial charge in [-0.05, 0) is 0 Å². The van der Waals surface area contributed by atoms with Crippen molar-refractivity contribution in [3.8, 4) is 0 Å². The Balaban J connectivity index is 0.000000250. The van der Waals surface area contributed by atoms with Gasteiger partial charge in [0.2, 0.25) is 0 Å². The molecule has 3 heteroatoms. The maximum absolute atomic E-state index is 4.47. The van der Waals surface area contributed by atoms with Gasteiger partial charge >= 0.3 is 0 Å². The maximum Gasteiger partial charge on any atom is 0.180 e. The summed E-state index contributed by atoms with van der Waals surface area (Å²) in [4.78, 5) is 3.56. The van der Waals surface area contributed by atoms with Crippen molar-refractivity contribution in [2.75, 3.05) is 0 Å². The fraction of sp³-hybridized carbons (Fsp3) is 0. The number of rotatable bonds is 0. The van der Waals surface area contributed by atoms with Crippen molar-refractivity contribution < 1.29 is 21.5 Å². The molecule has 0 fully saturated rings. The number of aromatic nitrogens is 1. The second-order valence-electron chi connectivity index (χ2n) is 0.676. The SMILES string of the molecule is [Cu].c1cocn1. The zero-order valence-corrected chi connectivity index (χ0v) is 3.83. The summed E-state index contributed by atoms with van der Waals surface area (Å²) in [6.45, 7) is 0. The molecule has 0 saturated heterocycles. The van der Waals surface area contributed by atoms with Crippen molar-refractivity contribution in [1.82, 2.24) is 4.98 Å². The van der Waals surface area contributed by atoms with Crippen molar-refractivity contribution in [3.05, 3.63) is 18.9 Å². The summed E-state index contributed by atoms with van der Waals surface area (Å²) in [7, 11) is 0. The van der Waals surface area contributed by atoms with Crippen LogP contribution < -0.4 is 0 Å². The zero-order chi connectivity index (χ0) is 3.54. The smallest absolute Gasteiger partial charge is 0.180 e. The molecule has 0 unspecified atom stereocenters. The van der Waals surface area contributed by atoms with E-state index in [0.29, 0.717) is 0 Å². The molecule has 37 valence electrons. The monoisotopic (exact) mass is 132 g/mol. The van der Waals surface area contributed by atoms with Crippen LogP contribution in [0.1, 0.15) is 0 Å². The van der Waals surface area contributed by atoms with E-state index in [1.165, 1.54) is 12.7 Å². The van der Waals surface area contributed by atoms with Crippen LogP contribution in [0, 0.1) is 0 Å². The van der Waals surface area contributed by atoms with Crippen LogP contribution in [0.15, 0.2) is 23.3 Å². The molecule has 0 atom stereocenters. The summed E-state index contributed by atoms with van der Waals surface area (Å²) < 4.78 is 4.47. The van der Waals surface area contributed by atoms with Gasteiger partial charge in [-0.15, -0.1) is 0 Å². The van der Waals surface area contributed by atoms with Gasteiger partial charge in [-0.25, -0.2) is 4.98 Å². The van der Waals surface area contributed by atoms with Crippen LogP contribution in [0.3, 0.4) is 0 Å². The van der Waals surface area contributed by atoms with Crippen LogP contribution in [0.2, 0.25) is 0 Å². The minimum absolute atomic E-state index is 0. The predicted molar refractivity (Wildman–Crippen MR) is 16.5 cm³/mol. The van der Waals surface area contributed by atoms with Crippen molar-refractivity contribution in [3.63, 3.8) is 0 Å². The first kappa shape index (κ1) is 5.73. The molecule has 1 rings (SSSR count). The van der Waals surface area contributed by atoms with Crippen LogP contribution in [0.4, 0.5) is 0 Å². The van der Waals surface area contributed by atoms with Crippen molar-refractivity contribution in [2.24, 2.45) is 0 Å². The molecule has 0 saturated carbocycles. The fourth-order valence-electron chi connectivity index (χ4n) is 0.176. The van der Waals surface area contributed by atoms with Crippen LogP contribution in [-0.2, 0) is 17.1 Å². The van der Waals surface area contributed by atoms with E-state index in [2.05, 4.69) is 9.40 Å². The average Bonchev–Trinajstić information content (AvgIpc) is 1.76. The first-order chi connectivity index (χ1) is 2.50. The first-order valence-corrected chi connectivity index (χ1v) is 1.32. The average molecular weight is 133 g/mol. The Kier molecular flexibility index (Phi) is 2.81. The minimum Gasteiger partial charge on any atom is -0.452 e. The topological polar surface area (TPSA) is 26.0 Å². The number of hydrogen-bond donors (Lipinski definition) is 0. The second kappa shape index (κ2) is 2.94. The minimum atomic E-state index is 0. The molecule has 0 spiro atoms. The molecule has 1 heterocycles. The predicted octanol–water partition coefficient (Wildman–Crippen LogP) is 0.672. The Labute approximate surface area is 46.0 Å². The second-order valence-corrected chi connectivity index (χ2v) is 0.676. The van der Waals surface area contributed by atoms with Crippen LogP contribution in [0.25, 0.3) is 0 Å². The largest absolute Gasteiger partial charge is 0.452 e. The third kappa shape index (κ3) is 1.24. The van der Waals surface area contributed by atoms with E-state index in [1.807, 2.05) is 0 Å². The maximum atomic E-state index is 4.47. The van der Waals surface area contributed by atoms with E-state index in [4.69, 9.17) is 0 Å². The quantitative estimate of drug-likeness (QED) is 0.485. The molecule has 0 aliphatic heterocycles. The Morgan fingerprint density at radius 1 is 1.50 bits per heavy atom. The van der Waals surface area contributed by atoms with Gasteiger partial charge in [0.05, 0.1) is 6.20 Å². The van der Waals surface area contributed by atoms with Gasteiger partial charge in [-0.2, -0.15) is 0 Å². The van der Waals surface area contributed by atoms with Crippen LogP contribution >= 0.6 is 0 Å². The molecule has 1 aromatic heterocycles. The van der Waals surface area contributed by atoms with E-state index < -0.39 is 0 Å². The molecule has 2 nitrogen and oxygen atoms in total. The Morgan fingerprint density at radius 2 is 2.33 bits per heavy atom. The summed E-state index contributed by atoms with van der Waals surface area (Å²) in [5, 5.41) is 0. The summed E-state index contributed by atoms with van der Waals surface area (Å²) in [6.07, 6.45) is 4.47. The molecule has 0 aliphatic rings. The van der Waals surface area contributed by atoms with Crippen molar-refractivity contribution in [1.29, 1.82) is 0 Å². The van der Waals surface area contributed by atoms with Gasteiger partial charge in [0, 0.05) is 17.1 Å². The molecular formula is C3H3CuNO. The van der Waals surface area contributed by atoms with Gasteiger partial charge in [0.15, 0.2) is 6.39 Å². The molecule has 0 aliphatic carbocycles. The molecule has 0 N–H and O–H groups in total. The summed E-state index contributed by atoms with van der Waals surface area (Å²) in [5.41, 5.74) is 0. The van der Waals surface area contributed by atoms with Crippen LogP contribution in [-0.4, -0.2) is 4.98 Å². The Morgan fingerprint density at radius 3 is 2.50 bits per heavy atom. The number of hydrogen-bond acceptors (Lipinski definition) is 2. The van der Waals surface area contributed by atoms with Gasteiger partial charge in [0.25, 0.3) is 0 Å². The number of nitrogens with zero attached hydrogens (tertiary/aromatic N) is 1. The van der Waals surface area contributed by atoms with Crippen LogP contribution in [0.5, 0.6) is 0 Å². The van der Waals surface area contributed by atoms with E-state index in [-0.39, 0.29) is 17.1 Å². The molecule has 1 radical (unpaired) electrons. The van der Waals surface area contributed by atoms with E-state index in [9.17, 15) is 0 Å². The molecule has 0 aromatic carbocycles. The zero-order valence-electron chi connectivity index (χ0n) is 2.89. The Hall–Kier alpha value is -0.271. The molecule has 6 heavy (non-hydrogen) atoms. The van der Waals surface area contributed by atoms with Crippen molar-refractivity contribution in [2.45, 2.75) is 0 Å². The fourth-order valence-corrected chi connectivity index (χ4v) is 0.176. The first-order valence-electron chi connectivity index (χ1n) is 1.32. The van der Waals surface area contributed by atoms with Gasteiger partial charge in [0.1, 0.15) is 6.26 Å². The van der Waals surface area contributed by atoms with Crippen molar-refractivity contribution >= 4 is 0 Å².